The molecule has 1 aliphatic rings. The molecule has 0 radical (unpaired) electrons. The van der Waals surface area contributed by atoms with E-state index in [4.69, 9.17) is 4.74 Å². The molecule has 2 N–H and O–H groups in total. The SMILES string of the molecule is CN(CC(=O)NCC1CCCO1)Cc1cc2cc(F)ccc2[nH]1. The van der Waals surface area contributed by atoms with E-state index in [1.807, 2.05) is 18.0 Å². The number of hydrogen-bond donors (Lipinski definition) is 2. The first kappa shape index (κ1) is 16.0. The number of fused-ring (bicyclic) bond motifs is 1. The highest BCUT2D eigenvalue weighted by atomic mass is 19.1. The van der Waals surface area contributed by atoms with Crippen molar-refractivity contribution in [1.29, 1.82) is 0 Å². The van der Waals surface area contributed by atoms with Gasteiger partial charge >= 0.3 is 0 Å². The van der Waals surface area contributed by atoms with E-state index in [0.717, 1.165) is 36.0 Å². The predicted octanol–water partition coefficient (Wildman–Crippen LogP) is 2.03. The Morgan fingerprint density at radius 3 is 3.13 bits per heavy atom. The molecule has 0 aliphatic carbocycles. The number of carbonyl (C=O) groups is 1. The van der Waals surface area contributed by atoms with Gasteiger partial charge in [-0.05, 0) is 44.2 Å². The molecule has 0 spiro atoms. The quantitative estimate of drug-likeness (QED) is 0.856. The molecule has 1 aromatic heterocycles. The summed E-state index contributed by atoms with van der Waals surface area (Å²) < 4.78 is 18.7. The molecule has 1 aliphatic heterocycles. The van der Waals surface area contributed by atoms with Crippen molar-refractivity contribution in [2.75, 3.05) is 26.7 Å². The van der Waals surface area contributed by atoms with Crippen LogP contribution in [-0.2, 0) is 16.1 Å². The smallest absolute Gasteiger partial charge is 0.234 e. The second-order valence-corrected chi connectivity index (χ2v) is 6.14. The first-order chi connectivity index (χ1) is 11.1. The Hall–Kier alpha value is -1.92. The lowest BCUT2D eigenvalue weighted by Crippen LogP contribution is -2.38. The van der Waals surface area contributed by atoms with Gasteiger partial charge in [-0.2, -0.15) is 0 Å². The van der Waals surface area contributed by atoms with Crippen LogP contribution in [0.2, 0.25) is 0 Å². The number of nitrogens with zero attached hydrogens (tertiary/aromatic N) is 1. The van der Waals surface area contributed by atoms with Gasteiger partial charge in [0.05, 0.1) is 12.6 Å². The summed E-state index contributed by atoms with van der Waals surface area (Å²) in [5.74, 6) is -0.255. The average Bonchev–Trinajstić information content (AvgIpc) is 3.13. The Labute approximate surface area is 134 Å². The standard InChI is InChI=1S/C17H22FN3O2/c1-21(11-17(22)19-9-15-3-2-6-23-15)10-14-8-12-7-13(18)4-5-16(12)20-14/h4-5,7-8,15,20H,2-3,6,9-11H2,1H3,(H,19,22). The van der Waals surface area contributed by atoms with Gasteiger partial charge in [-0.1, -0.05) is 0 Å². The van der Waals surface area contributed by atoms with Crippen molar-refractivity contribution in [2.24, 2.45) is 0 Å². The topological polar surface area (TPSA) is 57.4 Å². The summed E-state index contributed by atoms with van der Waals surface area (Å²) >= 11 is 0. The number of aromatic amines is 1. The number of aromatic nitrogens is 1. The summed E-state index contributed by atoms with van der Waals surface area (Å²) in [4.78, 5) is 17.1. The van der Waals surface area contributed by atoms with E-state index in [2.05, 4.69) is 10.3 Å². The molecule has 1 saturated heterocycles. The molecule has 23 heavy (non-hydrogen) atoms. The van der Waals surface area contributed by atoms with Crippen LogP contribution in [-0.4, -0.2) is 48.6 Å². The zero-order chi connectivity index (χ0) is 16.2. The van der Waals surface area contributed by atoms with Gasteiger partial charge in [-0.25, -0.2) is 4.39 Å². The van der Waals surface area contributed by atoms with Crippen LogP contribution in [0.25, 0.3) is 10.9 Å². The molecule has 1 fully saturated rings. The number of ether oxygens (including phenoxy) is 1. The number of benzene rings is 1. The summed E-state index contributed by atoms with van der Waals surface area (Å²) in [6.45, 7) is 2.29. The summed E-state index contributed by atoms with van der Waals surface area (Å²) in [6, 6.07) is 6.58. The van der Waals surface area contributed by atoms with Crippen LogP contribution < -0.4 is 5.32 Å². The number of rotatable bonds is 6. The van der Waals surface area contributed by atoms with E-state index in [9.17, 15) is 9.18 Å². The molecule has 2 heterocycles. The van der Waals surface area contributed by atoms with Crippen LogP contribution in [0.3, 0.4) is 0 Å². The first-order valence-corrected chi connectivity index (χ1v) is 7.94. The maximum Gasteiger partial charge on any atom is 0.234 e. The molecule has 1 unspecified atom stereocenters. The van der Waals surface area contributed by atoms with Crippen LogP contribution in [0.1, 0.15) is 18.5 Å². The van der Waals surface area contributed by atoms with Crippen LogP contribution >= 0.6 is 0 Å². The Kier molecular flexibility index (Phi) is 4.93. The van der Waals surface area contributed by atoms with Gasteiger partial charge in [-0.15, -0.1) is 0 Å². The zero-order valence-electron chi connectivity index (χ0n) is 13.3. The van der Waals surface area contributed by atoms with Gasteiger partial charge in [-0.3, -0.25) is 9.69 Å². The summed E-state index contributed by atoms with van der Waals surface area (Å²) in [5.41, 5.74) is 1.86. The molecule has 0 saturated carbocycles. The lowest BCUT2D eigenvalue weighted by Gasteiger charge is -2.16. The van der Waals surface area contributed by atoms with E-state index >= 15 is 0 Å². The first-order valence-electron chi connectivity index (χ1n) is 7.94. The summed E-state index contributed by atoms with van der Waals surface area (Å²) in [7, 11) is 1.89. The Bertz CT molecular complexity index is 680. The van der Waals surface area contributed by atoms with Gasteiger partial charge in [0.2, 0.25) is 5.91 Å². The maximum atomic E-state index is 13.2. The van der Waals surface area contributed by atoms with Crippen molar-refractivity contribution in [3.05, 3.63) is 35.8 Å². The van der Waals surface area contributed by atoms with E-state index < -0.39 is 0 Å². The monoisotopic (exact) mass is 319 g/mol. The fourth-order valence-electron chi connectivity index (χ4n) is 2.93. The van der Waals surface area contributed by atoms with Gasteiger partial charge in [0.15, 0.2) is 0 Å². The molecular formula is C17H22FN3O2. The fraction of sp³-hybridized carbons (Fsp3) is 0.471. The zero-order valence-corrected chi connectivity index (χ0v) is 13.3. The van der Waals surface area contributed by atoms with E-state index in [1.165, 1.54) is 12.1 Å². The van der Waals surface area contributed by atoms with Crippen molar-refractivity contribution >= 4 is 16.8 Å². The van der Waals surface area contributed by atoms with Gasteiger partial charge in [0, 0.05) is 36.3 Å². The molecule has 2 aromatic rings. The van der Waals surface area contributed by atoms with Crippen LogP contribution in [0.5, 0.6) is 0 Å². The number of likely N-dealkylation sites (N-methyl/N-ethyl adjacent to an activating group) is 1. The highest BCUT2D eigenvalue weighted by Gasteiger charge is 2.16. The highest BCUT2D eigenvalue weighted by molar-refractivity contribution is 5.80. The van der Waals surface area contributed by atoms with E-state index in [-0.39, 0.29) is 17.8 Å². The van der Waals surface area contributed by atoms with Crippen molar-refractivity contribution in [1.82, 2.24) is 15.2 Å². The summed E-state index contributed by atoms with van der Waals surface area (Å²) in [5, 5.41) is 3.75. The molecule has 1 atom stereocenters. The minimum atomic E-state index is -0.245. The summed E-state index contributed by atoms with van der Waals surface area (Å²) in [6.07, 6.45) is 2.25. The van der Waals surface area contributed by atoms with Crippen molar-refractivity contribution in [3.63, 3.8) is 0 Å². The maximum absolute atomic E-state index is 13.2. The highest BCUT2D eigenvalue weighted by Crippen LogP contribution is 2.17. The molecule has 0 bridgehead atoms. The Morgan fingerprint density at radius 1 is 1.48 bits per heavy atom. The number of amides is 1. The van der Waals surface area contributed by atoms with Crippen molar-refractivity contribution in [3.8, 4) is 0 Å². The van der Waals surface area contributed by atoms with Crippen molar-refractivity contribution in [2.45, 2.75) is 25.5 Å². The van der Waals surface area contributed by atoms with Gasteiger partial charge in [0.1, 0.15) is 5.82 Å². The largest absolute Gasteiger partial charge is 0.376 e. The lowest BCUT2D eigenvalue weighted by molar-refractivity contribution is -0.122. The Balaban J connectivity index is 1.49. The second kappa shape index (κ2) is 7.10. The molecule has 1 amide bonds. The van der Waals surface area contributed by atoms with Gasteiger partial charge in [0.25, 0.3) is 0 Å². The molecule has 3 rings (SSSR count). The van der Waals surface area contributed by atoms with Gasteiger partial charge < -0.3 is 15.0 Å². The van der Waals surface area contributed by atoms with Crippen LogP contribution in [0.15, 0.2) is 24.3 Å². The third kappa shape index (κ3) is 4.30. The number of nitrogens with one attached hydrogen (secondary N) is 2. The molecule has 5 nitrogen and oxygen atoms in total. The normalized spacial score (nSPS) is 18.0. The minimum Gasteiger partial charge on any atom is -0.376 e. The molecule has 6 heteroatoms. The number of halogens is 1. The molecule has 1 aromatic carbocycles. The van der Waals surface area contributed by atoms with Crippen LogP contribution in [0, 0.1) is 5.82 Å². The molecule has 124 valence electrons. The number of hydrogen-bond acceptors (Lipinski definition) is 3. The lowest BCUT2D eigenvalue weighted by atomic mass is 10.2. The Morgan fingerprint density at radius 2 is 2.35 bits per heavy atom. The third-order valence-corrected chi connectivity index (χ3v) is 4.04. The second-order valence-electron chi connectivity index (χ2n) is 6.14. The van der Waals surface area contributed by atoms with E-state index in [1.54, 1.807) is 6.07 Å². The van der Waals surface area contributed by atoms with Crippen molar-refractivity contribution < 1.29 is 13.9 Å². The number of carbonyl (C=O) groups excluding carboxylic acids is 1. The predicted molar refractivity (Wildman–Crippen MR) is 86.6 cm³/mol. The minimum absolute atomic E-state index is 0.00912. The third-order valence-electron chi connectivity index (χ3n) is 4.04. The van der Waals surface area contributed by atoms with Crippen LogP contribution in [0.4, 0.5) is 4.39 Å². The fourth-order valence-corrected chi connectivity index (χ4v) is 2.93. The number of H-pyrrole nitrogens is 1. The van der Waals surface area contributed by atoms with E-state index in [0.29, 0.717) is 19.6 Å². The molecular weight excluding hydrogens is 297 g/mol. The average molecular weight is 319 g/mol.